The van der Waals surface area contributed by atoms with Crippen molar-refractivity contribution in [3.8, 4) is 5.75 Å². The summed E-state index contributed by atoms with van der Waals surface area (Å²) >= 11 is 3.49. The van der Waals surface area contributed by atoms with Gasteiger partial charge >= 0.3 is 0 Å². The molecule has 2 aromatic rings. The molecule has 0 saturated heterocycles. The van der Waals surface area contributed by atoms with Gasteiger partial charge in [0.2, 0.25) is 0 Å². The Morgan fingerprint density at radius 3 is 2.67 bits per heavy atom. The van der Waals surface area contributed by atoms with Crippen LogP contribution in [0.25, 0.3) is 0 Å². The Hall–Kier alpha value is -1.48. The SMILES string of the molecule is Brc1ccc(C2CC(Nc3ccc4c(c3)CCO4)C2)cc1. The summed E-state index contributed by atoms with van der Waals surface area (Å²) in [4.78, 5) is 0. The molecule has 1 heterocycles. The van der Waals surface area contributed by atoms with Crippen LogP contribution in [0.2, 0.25) is 0 Å². The van der Waals surface area contributed by atoms with Crippen LogP contribution < -0.4 is 10.1 Å². The second-order valence-electron chi connectivity index (χ2n) is 5.98. The number of rotatable bonds is 3. The molecule has 4 rings (SSSR count). The van der Waals surface area contributed by atoms with E-state index in [0.717, 1.165) is 23.2 Å². The number of hydrogen-bond acceptors (Lipinski definition) is 2. The highest BCUT2D eigenvalue weighted by Gasteiger charge is 2.30. The maximum absolute atomic E-state index is 5.55. The van der Waals surface area contributed by atoms with Crippen molar-refractivity contribution in [3.63, 3.8) is 0 Å². The molecule has 0 radical (unpaired) electrons. The van der Waals surface area contributed by atoms with Crippen LogP contribution in [-0.2, 0) is 6.42 Å². The molecule has 1 aliphatic heterocycles. The summed E-state index contributed by atoms with van der Waals surface area (Å²) < 4.78 is 6.70. The molecule has 3 heteroatoms. The van der Waals surface area contributed by atoms with E-state index in [0.29, 0.717) is 12.0 Å². The first-order chi connectivity index (χ1) is 10.3. The fraction of sp³-hybridized carbons (Fsp3) is 0.333. The van der Waals surface area contributed by atoms with Gasteiger partial charge in [-0.15, -0.1) is 0 Å². The van der Waals surface area contributed by atoms with Crippen molar-refractivity contribution in [2.75, 3.05) is 11.9 Å². The largest absolute Gasteiger partial charge is 0.493 e. The molecule has 0 atom stereocenters. The van der Waals surface area contributed by atoms with Crippen molar-refractivity contribution < 1.29 is 4.74 Å². The minimum atomic E-state index is 0.596. The number of hydrogen-bond donors (Lipinski definition) is 1. The molecular formula is C18H18BrNO. The molecule has 2 nitrogen and oxygen atoms in total. The summed E-state index contributed by atoms with van der Waals surface area (Å²) in [6, 6.07) is 15.8. The van der Waals surface area contributed by atoms with E-state index in [1.807, 2.05) is 0 Å². The van der Waals surface area contributed by atoms with E-state index < -0.39 is 0 Å². The Morgan fingerprint density at radius 1 is 1.05 bits per heavy atom. The number of halogens is 1. The molecule has 21 heavy (non-hydrogen) atoms. The van der Waals surface area contributed by atoms with Crippen LogP contribution in [0.15, 0.2) is 46.9 Å². The second kappa shape index (κ2) is 5.38. The Labute approximate surface area is 133 Å². The van der Waals surface area contributed by atoms with Gasteiger partial charge in [0.1, 0.15) is 5.75 Å². The fourth-order valence-corrected chi connectivity index (χ4v) is 3.52. The molecule has 1 aliphatic carbocycles. The average molecular weight is 344 g/mol. The van der Waals surface area contributed by atoms with E-state index in [1.165, 1.54) is 29.7 Å². The molecule has 108 valence electrons. The molecule has 0 aromatic heterocycles. The summed E-state index contributed by atoms with van der Waals surface area (Å²) in [5.74, 6) is 1.76. The van der Waals surface area contributed by atoms with Gasteiger partial charge < -0.3 is 10.1 Å². The molecule has 1 saturated carbocycles. The molecular weight excluding hydrogens is 326 g/mol. The lowest BCUT2D eigenvalue weighted by Gasteiger charge is -2.37. The van der Waals surface area contributed by atoms with Crippen LogP contribution in [0.3, 0.4) is 0 Å². The van der Waals surface area contributed by atoms with Gasteiger partial charge in [0.15, 0.2) is 0 Å². The molecule has 1 fully saturated rings. The van der Waals surface area contributed by atoms with Crippen LogP contribution in [0.5, 0.6) is 5.75 Å². The summed E-state index contributed by atoms with van der Waals surface area (Å²) in [7, 11) is 0. The van der Waals surface area contributed by atoms with Crippen LogP contribution in [0.1, 0.15) is 29.9 Å². The monoisotopic (exact) mass is 343 g/mol. The molecule has 2 aliphatic rings. The highest BCUT2D eigenvalue weighted by Crippen LogP contribution is 2.39. The molecule has 1 N–H and O–H groups in total. The Morgan fingerprint density at radius 2 is 1.86 bits per heavy atom. The number of ether oxygens (including phenoxy) is 1. The minimum Gasteiger partial charge on any atom is -0.493 e. The van der Waals surface area contributed by atoms with Gasteiger partial charge in [0, 0.05) is 22.6 Å². The first-order valence-corrected chi connectivity index (χ1v) is 8.35. The third kappa shape index (κ3) is 2.67. The van der Waals surface area contributed by atoms with Crippen molar-refractivity contribution in [2.45, 2.75) is 31.2 Å². The second-order valence-corrected chi connectivity index (χ2v) is 6.90. The Bertz CT molecular complexity index is 647. The normalized spacial score (nSPS) is 23.1. The molecule has 0 amide bonds. The van der Waals surface area contributed by atoms with Gasteiger partial charge in [-0.3, -0.25) is 0 Å². The third-order valence-electron chi connectivity index (χ3n) is 4.54. The fourth-order valence-electron chi connectivity index (χ4n) is 3.25. The maximum atomic E-state index is 5.55. The molecule has 0 bridgehead atoms. The van der Waals surface area contributed by atoms with Crippen molar-refractivity contribution in [3.05, 3.63) is 58.1 Å². The van der Waals surface area contributed by atoms with Gasteiger partial charge in [-0.25, -0.2) is 0 Å². The maximum Gasteiger partial charge on any atom is 0.122 e. The number of fused-ring (bicyclic) bond motifs is 1. The average Bonchev–Trinajstić information content (AvgIpc) is 2.91. The van der Waals surface area contributed by atoms with E-state index in [1.54, 1.807) is 0 Å². The summed E-state index contributed by atoms with van der Waals surface area (Å²) in [5, 5.41) is 3.65. The van der Waals surface area contributed by atoms with E-state index in [-0.39, 0.29) is 0 Å². The predicted molar refractivity (Wildman–Crippen MR) is 89.2 cm³/mol. The van der Waals surface area contributed by atoms with E-state index in [2.05, 4.69) is 63.7 Å². The number of benzene rings is 2. The quantitative estimate of drug-likeness (QED) is 0.868. The van der Waals surface area contributed by atoms with Crippen LogP contribution >= 0.6 is 15.9 Å². The third-order valence-corrected chi connectivity index (χ3v) is 5.07. The first kappa shape index (κ1) is 13.2. The summed E-state index contributed by atoms with van der Waals surface area (Å²) in [6.07, 6.45) is 3.47. The molecule has 0 unspecified atom stereocenters. The molecule has 0 spiro atoms. The van der Waals surface area contributed by atoms with Crippen LogP contribution in [-0.4, -0.2) is 12.6 Å². The van der Waals surface area contributed by atoms with Crippen molar-refractivity contribution in [1.82, 2.24) is 0 Å². The number of nitrogens with one attached hydrogen (secondary N) is 1. The van der Waals surface area contributed by atoms with Gasteiger partial charge in [0.05, 0.1) is 6.61 Å². The van der Waals surface area contributed by atoms with Gasteiger partial charge in [-0.1, -0.05) is 28.1 Å². The van der Waals surface area contributed by atoms with Crippen molar-refractivity contribution in [2.24, 2.45) is 0 Å². The van der Waals surface area contributed by atoms with Crippen molar-refractivity contribution >= 4 is 21.6 Å². The Balaban J connectivity index is 1.37. The first-order valence-electron chi connectivity index (χ1n) is 7.56. The summed E-state index contributed by atoms with van der Waals surface area (Å²) in [5.41, 5.74) is 4.03. The smallest absolute Gasteiger partial charge is 0.122 e. The van der Waals surface area contributed by atoms with Gasteiger partial charge in [-0.05, 0) is 60.2 Å². The lowest BCUT2D eigenvalue weighted by atomic mass is 9.76. The highest BCUT2D eigenvalue weighted by atomic mass is 79.9. The van der Waals surface area contributed by atoms with Crippen LogP contribution in [0, 0.1) is 0 Å². The zero-order chi connectivity index (χ0) is 14.2. The lowest BCUT2D eigenvalue weighted by molar-refractivity contribution is 0.356. The predicted octanol–water partition coefficient (Wildman–Crippen LogP) is 4.74. The zero-order valence-electron chi connectivity index (χ0n) is 11.8. The van der Waals surface area contributed by atoms with Gasteiger partial charge in [0.25, 0.3) is 0 Å². The van der Waals surface area contributed by atoms with E-state index >= 15 is 0 Å². The summed E-state index contributed by atoms with van der Waals surface area (Å²) in [6.45, 7) is 0.827. The Kier molecular flexibility index (Phi) is 3.38. The highest BCUT2D eigenvalue weighted by molar-refractivity contribution is 9.10. The molecule has 2 aromatic carbocycles. The topological polar surface area (TPSA) is 21.3 Å². The van der Waals surface area contributed by atoms with Gasteiger partial charge in [-0.2, -0.15) is 0 Å². The lowest BCUT2D eigenvalue weighted by Crippen LogP contribution is -2.33. The van der Waals surface area contributed by atoms with Crippen molar-refractivity contribution in [1.29, 1.82) is 0 Å². The van der Waals surface area contributed by atoms with Crippen LogP contribution in [0.4, 0.5) is 5.69 Å². The van der Waals surface area contributed by atoms with E-state index in [9.17, 15) is 0 Å². The standard InChI is InChI=1S/C18H18BrNO/c19-15-3-1-12(2-4-15)14-10-17(11-14)20-16-5-6-18-13(9-16)7-8-21-18/h1-6,9,14,17,20H,7-8,10-11H2. The number of anilines is 1. The zero-order valence-corrected chi connectivity index (χ0v) is 13.4. The van der Waals surface area contributed by atoms with E-state index in [4.69, 9.17) is 4.74 Å². The minimum absolute atomic E-state index is 0.596.